The van der Waals surface area contributed by atoms with Gasteiger partial charge in [0.15, 0.2) is 5.13 Å². The highest BCUT2D eigenvalue weighted by molar-refractivity contribution is 7.18. The van der Waals surface area contributed by atoms with E-state index in [0.717, 1.165) is 30.6 Å². The maximum Gasteiger partial charge on any atom is 0.371 e. The lowest BCUT2D eigenvalue weighted by atomic mass is 9.99. The summed E-state index contributed by atoms with van der Waals surface area (Å²) in [5.74, 6) is -5.93. The number of amides is 1. The van der Waals surface area contributed by atoms with Gasteiger partial charge in [0, 0.05) is 29.4 Å². The van der Waals surface area contributed by atoms with Crippen LogP contribution in [0.15, 0.2) is 36.1 Å². The summed E-state index contributed by atoms with van der Waals surface area (Å²) in [4.78, 5) is 28.2. The molecule has 0 aliphatic heterocycles. The number of carbonyl (C=O) groups is 2. The number of aryl methyl sites for hydroxylation is 1. The Bertz CT molecular complexity index is 1430. The van der Waals surface area contributed by atoms with Crippen molar-refractivity contribution in [1.29, 1.82) is 0 Å². The predicted octanol–water partition coefficient (Wildman–Crippen LogP) is 6.56. The molecule has 0 atom stereocenters. The van der Waals surface area contributed by atoms with Gasteiger partial charge >= 0.3 is 5.97 Å². The van der Waals surface area contributed by atoms with Crippen LogP contribution in [0.25, 0.3) is 17.3 Å². The number of benzene rings is 2. The zero-order valence-electron chi connectivity index (χ0n) is 23.3. The van der Waals surface area contributed by atoms with Crippen LogP contribution in [0.3, 0.4) is 0 Å². The van der Waals surface area contributed by atoms with Crippen molar-refractivity contribution in [2.24, 2.45) is 5.41 Å². The van der Waals surface area contributed by atoms with E-state index in [2.05, 4.69) is 35.8 Å². The number of carbonyl (C=O) groups excluding carboxylic acids is 1. The van der Waals surface area contributed by atoms with Crippen molar-refractivity contribution < 1.29 is 42.1 Å². The van der Waals surface area contributed by atoms with E-state index in [9.17, 15) is 18.4 Å². The largest absolute Gasteiger partial charge is 0.490 e. The van der Waals surface area contributed by atoms with Crippen molar-refractivity contribution in [2.45, 2.75) is 33.6 Å². The molecule has 1 heterocycles. The van der Waals surface area contributed by atoms with Gasteiger partial charge in [-0.2, -0.15) is 0 Å². The lowest BCUT2D eigenvalue weighted by molar-refractivity contribution is -0.135. The van der Waals surface area contributed by atoms with Crippen LogP contribution in [0.5, 0.6) is 5.06 Å². The number of aromatic nitrogens is 1. The summed E-state index contributed by atoms with van der Waals surface area (Å²) in [6.45, 7) is 7.30. The lowest BCUT2D eigenvalue weighted by Gasteiger charge is -2.18. The van der Waals surface area contributed by atoms with Gasteiger partial charge in [-0.05, 0) is 42.0 Å². The van der Waals surface area contributed by atoms with Crippen LogP contribution in [0.2, 0.25) is 0 Å². The van der Waals surface area contributed by atoms with E-state index in [1.165, 1.54) is 7.11 Å². The Morgan fingerprint density at radius 3 is 2.39 bits per heavy atom. The number of nitrogens with zero attached hydrogens (tertiary/aromatic N) is 1. The van der Waals surface area contributed by atoms with Gasteiger partial charge < -0.3 is 19.3 Å². The highest BCUT2D eigenvalue weighted by atomic mass is 32.1. The molecule has 2 aromatic carbocycles. The topological polar surface area (TPSA) is 107 Å². The number of nitrogens with one attached hydrogen (secondary N) is 1. The number of hydrogen-bond donors (Lipinski definition) is 2. The summed E-state index contributed by atoms with van der Waals surface area (Å²) in [5, 5.41) is 11.7. The summed E-state index contributed by atoms with van der Waals surface area (Å²) in [6.07, 6.45) is 1.74. The number of anilines is 1. The van der Waals surface area contributed by atoms with Crippen LogP contribution in [0.4, 0.5) is 18.3 Å². The van der Waals surface area contributed by atoms with Crippen molar-refractivity contribution in [3.63, 3.8) is 0 Å². The van der Waals surface area contributed by atoms with Crippen molar-refractivity contribution >= 4 is 34.4 Å². The fourth-order valence-corrected chi connectivity index (χ4v) is 4.52. The molecule has 0 radical (unpaired) electrons. The van der Waals surface area contributed by atoms with Gasteiger partial charge in [0.1, 0.15) is 23.1 Å². The standard InChI is InChI=1S/C29H31F3N2O6S/c1-29(2,3)15-40-11-7-9-16-8-6-10-18(23(16)32)24-27(39-5)41-28(33-24)34-25(35)17-12-20(30)19(21(31)13-17)14-22(38-4)26(36)37/h6,8,10,12-14H,7,9,11,15H2,1-5H3,(H,36,37)(H,33,34,35)/b22-14+. The van der Waals surface area contributed by atoms with E-state index in [1.807, 2.05) is 0 Å². The highest BCUT2D eigenvalue weighted by Gasteiger charge is 2.22. The van der Waals surface area contributed by atoms with Crippen LogP contribution >= 0.6 is 11.3 Å². The van der Waals surface area contributed by atoms with Gasteiger partial charge in [0.25, 0.3) is 5.91 Å². The molecule has 0 aliphatic carbocycles. The number of thiazole rings is 1. The lowest BCUT2D eigenvalue weighted by Crippen LogP contribution is -2.15. The van der Waals surface area contributed by atoms with Gasteiger partial charge in [0.2, 0.25) is 10.8 Å². The van der Waals surface area contributed by atoms with E-state index in [-0.39, 0.29) is 32.4 Å². The van der Waals surface area contributed by atoms with E-state index < -0.39 is 40.7 Å². The highest BCUT2D eigenvalue weighted by Crippen LogP contribution is 2.39. The Morgan fingerprint density at radius 1 is 1.12 bits per heavy atom. The first-order valence-corrected chi connectivity index (χ1v) is 13.4. The first kappa shape index (κ1) is 31.6. The number of ether oxygens (including phenoxy) is 3. The third-order valence-corrected chi connectivity index (χ3v) is 6.59. The van der Waals surface area contributed by atoms with E-state index in [0.29, 0.717) is 37.7 Å². The molecule has 3 rings (SSSR count). The number of rotatable bonds is 12. The molecule has 8 nitrogen and oxygen atoms in total. The van der Waals surface area contributed by atoms with E-state index in [4.69, 9.17) is 14.6 Å². The fraction of sp³-hybridized carbons (Fsp3) is 0.345. The Balaban J connectivity index is 1.79. The second-order valence-electron chi connectivity index (χ2n) is 10.2. The quantitative estimate of drug-likeness (QED) is 0.139. The SMILES string of the molecule is CO/C(=C/c1c(F)cc(C(=O)Nc2nc(-c3cccc(CCCOCC(C)(C)C)c3F)c(OC)s2)cc1F)C(=O)O. The fourth-order valence-electron chi connectivity index (χ4n) is 3.73. The van der Waals surface area contributed by atoms with Gasteiger partial charge in [0.05, 0.1) is 20.8 Å². The smallest absolute Gasteiger partial charge is 0.371 e. The van der Waals surface area contributed by atoms with Crippen molar-refractivity contribution in [1.82, 2.24) is 4.98 Å². The third-order valence-electron chi connectivity index (χ3n) is 5.65. The van der Waals surface area contributed by atoms with Gasteiger partial charge in [-0.1, -0.05) is 44.2 Å². The molecule has 0 spiro atoms. The molecule has 0 saturated heterocycles. The Morgan fingerprint density at radius 2 is 1.80 bits per heavy atom. The number of carboxylic acid groups (broad SMARTS) is 1. The minimum Gasteiger partial charge on any atom is -0.490 e. The number of halogens is 3. The average molecular weight is 593 g/mol. The van der Waals surface area contributed by atoms with Crippen LogP contribution in [-0.2, 0) is 20.7 Å². The number of methoxy groups -OCH3 is 2. The van der Waals surface area contributed by atoms with Crippen molar-refractivity contribution in [3.05, 3.63) is 70.2 Å². The minimum absolute atomic E-state index is 0.0135. The molecule has 41 heavy (non-hydrogen) atoms. The molecule has 0 unspecified atom stereocenters. The number of hydrogen-bond acceptors (Lipinski definition) is 7. The average Bonchev–Trinajstić information content (AvgIpc) is 3.30. The maximum atomic E-state index is 15.4. The third kappa shape index (κ3) is 8.30. The molecule has 220 valence electrons. The molecule has 2 N–H and O–H groups in total. The normalized spacial score (nSPS) is 11.9. The zero-order valence-corrected chi connectivity index (χ0v) is 24.1. The molecule has 3 aromatic rings. The molecule has 1 amide bonds. The Kier molecular flexibility index (Phi) is 10.5. The molecule has 12 heteroatoms. The first-order valence-electron chi connectivity index (χ1n) is 12.5. The van der Waals surface area contributed by atoms with Gasteiger partial charge in [-0.25, -0.2) is 22.9 Å². The molecule has 0 saturated carbocycles. The zero-order chi connectivity index (χ0) is 30.3. The second kappa shape index (κ2) is 13.6. The monoisotopic (exact) mass is 592 g/mol. The Labute approximate surface area is 239 Å². The molecule has 1 aromatic heterocycles. The number of aliphatic carboxylic acids is 1. The van der Waals surface area contributed by atoms with Gasteiger partial charge in [-0.3, -0.25) is 10.1 Å². The van der Waals surface area contributed by atoms with E-state index >= 15 is 4.39 Å². The van der Waals surface area contributed by atoms with Crippen LogP contribution in [0.1, 0.15) is 48.7 Å². The maximum absolute atomic E-state index is 15.4. The summed E-state index contributed by atoms with van der Waals surface area (Å²) in [6, 6.07) is 6.42. The molecule has 0 fully saturated rings. The van der Waals surface area contributed by atoms with Crippen molar-refractivity contribution in [2.75, 3.05) is 32.8 Å². The van der Waals surface area contributed by atoms with Crippen LogP contribution in [-0.4, -0.2) is 49.4 Å². The van der Waals surface area contributed by atoms with Crippen molar-refractivity contribution in [3.8, 4) is 16.3 Å². The summed E-state index contributed by atoms with van der Waals surface area (Å²) in [7, 11) is 2.42. The molecule has 0 bridgehead atoms. The molecular weight excluding hydrogens is 561 g/mol. The second-order valence-corrected chi connectivity index (χ2v) is 11.1. The van der Waals surface area contributed by atoms with Crippen LogP contribution in [0, 0.1) is 22.9 Å². The minimum atomic E-state index is -1.52. The first-order chi connectivity index (χ1) is 19.3. The Hall–Kier alpha value is -3.90. The van der Waals surface area contributed by atoms with E-state index in [1.54, 1.807) is 18.2 Å². The number of carboxylic acids is 1. The summed E-state index contributed by atoms with van der Waals surface area (Å²) < 4.78 is 60.2. The van der Waals surface area contributed by atoms with Gasteiger partial charge in [-0.15, -0.1) is 0 Å². The summed E-state index contributed by atoms with van der Waals surface area (Å²) in [5.41, 5.74) is -0.220. The molecular formula is C29H31F3N2O6S. The van der Waals surface area contributed by atoms with Crippen LogP contribution < -0.4 is 10.1 Å². The molecule has 0 aliphatic rings. The summed E-state index contributed by atoms with van der Waals surface area (Å²) >= 11 is 0.914. The predicted molar refractivity (Wildman–Crippen MR) is 150 cm³/mol.